The maximum absolute atomic E-state index is 9.72. The molecule has 0 spiro atoms. The summed E-state index contributed by atoms with van der Waals surface area (Å²) in [6.07, 6.45) is 6.58. The Morgan fingerprint density at radius 2 is 1.88 bits per heavy atom. The van der Waals surface area contributed by atoms with E-state index in [1.807, 2.05) is 25.1 Å². The van der Waals surface area contributed by atoms with Gasteiger partial charge in [-0.1, -0.05) is 18.2 Å². The van der Waals surface area contributed by atoms with E-state index in [4.69, 9.17) is 0 Å². The summed E-state index contributed by atoms with van der Waals surface area (Å²) in [4.78, 5) is 11.1. The quantitative estimate of drug-likeness (QED) is 0.473. The van der Waals surface area contributed by atoms with E-state index in [-0.39, 0.29) is 0 Å². The van der Waals surface area contributed by atoms with Gasteiger partial charge >= 0.3 is 0 Å². The molecule has 0 unspecified atom stereocenters. The Labute approximate surface area is 104 Å². The molecule has 3 heteroatoms. The van der Waals surface area contributed by atoms with Crippen LogP contribution in [0.5, 0.6) is 0 Å². The highest BCUT2D eigenvalue weighted by molar-refractivity contribution is 7.98. The largest absolute Gasteiger partial charge is 0.252 e. The molecule has 0 aliphatic carbocycles. The number of hydrogen-bond donors (Lipinski definition) is 1. The second kappa shape index (κ2) is 6.64. The van der Waals surface area contributed by atoms with Gasteiger partial charge in [0.2, 0.25) is 0 Å². The second-order valence-electron chi connectivity index (χ2n) is 4.61. The van der Waals surface area contributed by atoms with Crippen molar-refractivity contribution in [1.29, 1.82) is 0 Å². The van der Waals surface area contributed by atoms with Crippen LogP contribution >= 0.6 is 19.3 Å². The first kappa shape index (κ1) is 14.0. The summed E-state index contributed by atoms with van der Waals surface area (Å²) in [5, 5.41) is 0. The molecule has 90 valence electrons. The lowest BCUT2D eigenvalue weighted by molar-refractivity contribution is 0.605. The highest BCUT2D eigenvalue weighted by atomic mass is 32.2. The Morgan fingerprint density at radius 3 is 2.50 bits per heavy atom. The molecule has 0 aliphatic heterocycles. The van der Waals surface area contributed by atoms with Crippen LogP contribution < -0.4 is 0 Å². The zero-order valence-electron chi connectivity index (χ0n) is 10.4. The molecule has 1 rings (SSSR count). The Bertz CT molecular complexity index is 320. The van der Waals surface area contributed by atoms with E-state index >= 15 is 0 Å². The molecule has 0 amide bonds. The summed E-state index contributed by atoms with van der Waals surface area (Å²) >= 11 is 1.82. The van der Waals surface area contributed by atoms with Crippen LogP contribution in [-0.2, 0) is 6.42 Å². The highest BCUT2D eigenvalue weighted by Crippen LogP contribution is 2.46. The standard InChI is InChI=1S/C13H22OPS/c1-15(2,14)11-7-6-9-12-8-4-5-10-13(12)16-3/h4-5,8,10,14H,6-7,9,11H2,1-3H3/q+1. The first-order valence-electron chi connectivity index (χ1n) is 5.70. The fraction of sp³-hybridized carbons (Fsp3) is 0.538. The molecular formula is C13H22OPS+. The SMILES string of the molecule is CSc1ccccc1CCCC[P+](C)(C)O. The molecule has 0 bridgehead atoms. The van der Waals surface area contributed by atoms with E-state index < -0.39 is 7.49 Å². The average Bonchev–Trinajstić information content (AvgIpc) is 2.23. The van der Waals surface area contributed by atoms with Crippen molar-refractivity contribution < 1.29 is 4.89 Å². The minimum atomic E-state index is -1.56. The fourth-order valence-electron chi connectivity index (χ4n) is 1.72. The molecule has 1 aromatic carbocycles. The lowest BCUT2D eigenvalue weighted by atomic mass is 10.1. The molecule has 1 nitrogen and oxygen atoms in total. The van der Waals surface area contributed by atoms with Crippen molar-refractivity contribution in [2.24, 2.45) is 0 Å². The summed E-state index contributed by atoms with van der Waals surface area (Å²) < 4.78 is 0. The molecule has 16 heavy (non-hydrogen) atoms. The van der Waals surface area contributed by atoms with Crippen LogP contribution in [0.25, 0.3) is 0 Å². The Hall–Kier alpha value is -0.0400. The lowest BCUT2D eigenvalue weighted by Crippen LogP contribution is -1.95. The summed E-state index contributed by atoms with van der Waals surface area (Å²) in [5.74, 6) is 0. The topological polar surface area (TPSA) is 20.2 Å². The molecule has 1 aromatic rings. The van der Waals surface area contributed by atoms with Gasteiger partial charge in [-0.3, -0.25) is 4.89 Å². The van der Waals surface area contributed by atoms with E-state index in [9.17, 15) is 4.89 Å². The molecule has 0 atom stereocenters. The predicted octanol–water partition coefficient (Wildman–Crippen LogP) is 3.92. The van der Waals surface area contributed by atoms with Gasteiger partial charge in [0.25, 0.3) is 0 Å². The first-order chi connectivity index (χ1) is 7.53. The minimum Gasteiger partial charge on any atom is -0.252 e. The molecule has 1 N–H and O–H groups in total. The van der Waals surface area contributed by atoms with Gasteiger partial charge < -0.3 is 0 Å². The normalized spacial score (nSPS) is 11.8. The van der Waals surface area contributed by atoms with Crippen molar-refractivity contribution in [3.8, 4) is 0 Å². The highest BCUT2D eigenvalue weighted by Gasteiger charge is 2.19. The van der Waals surface area contributed by atoms with Crippen LogP contribution in [0.1, 0.15) is 18.4 Å². The molecule has 0 saturated carbocycles. The third-order valence-corrected chi connectivity index (χ3v) is 4.84. The van der Waals surface area contributed by atoms with Gasteiger partial charge in [-0.25, -0.2) is 0 Å². The summed E-state index contributed by atoms with van der Waals surface area (Å²) in [7, 11) is -1.56. The van der Waals surface area contributed by atoms with Crippen LogP contribution in [0.3, 0.4) is 0 Å². The summed E-state index contributed by atoms with van der Waals surface area (Å²) in [6.45, 7) is 3.98. The van der Waals surface area contributed by atoms with Crippen LogP contribution in [-0.4, -0.2) is 30.6 Å². The van der Waals surface area contributed by atoms with E-state index in [1.54, 1.807) is 0 Å². The summed E-state index contributed by atoms with van der Waals surface area (Å²) in [5.41, 5.74) is 1.45. The van der Waals surface area contributed by atoms with Crippen molar-refractivity contribution in [2.45, 2.75) is 24.2 Å². The number of unbranched alkanes of at least 4 members (excludes halogenated alkanes) is 1. The van der Waals surface area contributed by atoms with Crippen LogP contribution in [0.2, 0.25) is 0 Å². The zero-order valence-corrected chi connectivity index (χ0v) is 12.2. The van der Waals surface area contributed by atoms with Gasteiger partial charge in [0, 0.05) is 4.90 Å². The van der Waals surface area contributed by atoms with E-state index in [1.165, 1.54) is 16.9 Å². The van der Waals surface area contributed by atoms with Gasteiger partial charge in [-0.15, -0.1) is 11.8 Å². The Kier molecular flexibility index (Phi) is 5.82. The molecule has 0 fully saturated rings. The van der Waals surface area contributed by atoms with Gasteiger partial charge in [-0.05, 0) is 37.1 Å². The van der Waals surface area contributed by atoms with E-state index in [0.717, 1.165) is 19.0 Å². The number of rotatable bonds is 6. The van der Waals surface area contributed by atoms with Crippen molar-refractivity contribution in [3.63, 3.8) is 0 Å². The maximum Gasteiger partial charge on any atom is 0.136 e. The van der Waals surface area contributed by atoms with Gasteiger partial charge in [-0.2, -0.15) is 0 Å². The van der Waals surface area contributed by atoms with Gasteiger partial charge in [0.05, 0.1) is 19.5 Å². The van der Waals surface area contributed by atoms with Crippen molar-refractivity contribution >= 4 is 19.3 Å². The first-order valence-corrected chi connectivity index (χ1v) is 9.75. The fourth-order valence-corrected chi connectivity index (χ4v) is 3.37. The van der Waals surface area contributed by atoms with E-state index in [2.05, 4.69) is 30.5 Å². The van der Waals surface area contributed by atoms with Gasteiger partial charge in [0.1, 0.15) is 7.49 Å². The maximum atomic E-state index is 9.72. The smallest absolute Gasteiger partial charge is 0.136 e. The van der Waals surface area contributed by atoms with Crippen LogP contribution in [0, 0.1) is 0 Å². The molecular weight excluding hydrogens is 235 g/mol. The van der Waals surface area contributed by atoms with Gasteiger partial charge in [0.15, 0.2) is 0 Å². The van der Waals surface area contributed by atoms with Crippen molar-refractivity contribution in [2.75, 3.05) is 25.7 Å². The van der Waals surface area contributed by atoms with Crippen LogP contribution in [0.4, 0.5) is 0 Å². The molecule has 0 aromatic heterocycles. The third kappa shape index (κ3) is 5.34. The number of benzene rings is 1. The van der Waals surface area contributed by atoms with Crippen molar-refractivity contribution in [3.05, 3.63) is 29.8 Å². The molecule has 0 saturated heterocycles. The minimum absolute atomic E-state index is 0.994. The Balaban J connectivity index is 2.37. The second-order valence-corrected chi connectivity index (χ2v) is 9.15. The van der Waals surface area contributed by atoms with Crippen LogP contribution in [0.15, 0.2) is 29.2 Å². The molecule has 0 heterocycles. The zero-order chi connectivity index (χ0) is 12.0. The third-order valence-electron chi connectivity index (χ3n) is 2.59. The van der Waals surface area contributed by atoms with E-state index in [0.29, 0.717) is 0 Å². The number of aryl methyl sites for hydroxylation is 1. The monoisotopic (exact) mass is 257 g/mol. The Morgan fingerprint density at radius 1 is 1.19 bits per heavy atom. The predicted molar refractivity (Wildman–Crippen MR) is 77.0 cm³/mol. The molecule has 0 radical (unpaired) electrons. The lowest BCUT2D eigenvalue weighted by Gasteiger charge is -2.09. The average molecular weight is 257 g/mol. The number of thioether (sulfide) groups is 1. The summed E-state index contributed by atoms with van der Waals surface area (Å²) in [6, 6.07) is 8.60. The van der Waals surface area contributed by atoms with Crippen molar-refractivity contribution in [1.82, 2.24) is 0 Å². The molecule has 0 aliphatic rings. The number of hydrogen-bond acceptors (Lipinski definition) is 2.